The van der Waals surface area contributed by atoms with Crippen molar-refractivity contribution in [3.63, 3.8) is 0 Å². The normalized spacial score (nSPS) is 18.9. The number of thioether (sulfide) groups is 1. The van der Waals surface area contributed by atoms with Crippen molar-refractivity contribution < 1.29 is 4.74 Å². The number of nitriles is 2. The number of benzene rings is 1. The molecule has 1 heterocycles. The van der Waals surface area contributed by atoms with Gasteiger partial charge >= 0.3 is 0 Å². The van der Waals surface area contributed by atoms with Gasteiger partial charge in [-0.1, -0.05) is 31.4 Å². The Kier molecular flexibility index (Phi) is 5.44. The summed E-state index contributed by atoms with van der Waals surface area (Å²) in [7, 11) is 1.65. The Bertz CT molecular complexity index is 838. The van der Waals surface area contributed by atoms with E-state index in [9.17, 15) is 10.5 Å². The number of dihydropyridines is 1. The fourth-order valence-electron chi connectivity index (χ4n) is 3.85. The lowest BCUT2D eigenvalue weighted by atomic mass is 9.64. The highest BCUT2D eigenvalue weighted by Gasteiger charge is 2.45. The second kappa shape index (κ2) is 7.76. The first-order valence-corrected chi connectivity index (χ1v) is 9.71. The van der Waals surface area contributed by atoms with E-state index in [0.717, 1.165) is 48.4 Å². The minimum atomic E-state index is -0.520. The maximum atomic E-state index is 9.90. The Labute approximate surface area is 158 Å². The smallest absolute Gasteiger partial charge is 0.119 e. The molecule has 0 radical (unpaired) electrons. The van der Waals surface area contributed by atoms with Gasteiger partial charge < -0.3 is 15.8 Å². The lowest BCUT2D eigenvalue weighted by Crippen LogP contribution is -2.39. The largest absolute Gasteiger partial charge is 0.497 e. The molecule has 1 aliphatic carbocycles. The summed E-state index contributed by atoms with van der Waals surface area (Å²) < 4.78 is 5.27. The molecule has 0 amide bonds. The Morgan fingerprint density at radius 1 is 1.19 bits per heavy atom. The molecule has 1 fully saturated rings. The first-order valence-electron chi connectivity index (χ1n) is 8.72. The SMILES string of the molecule is COc1cccc(CSC2=C(C#N)C3(CCCCC3)C(C#N)=C(N)N2)c1. The van der Waals surface area contributed by atoms with E-state index in [1.165, 1.54) is 0 Å². The summed E-state index contributed by atoms with van der Waals surface area (Å²) >= 11 is 1.55. The molecule has 26 heavy (non-hydrogen) atoms. The molecule has 0 aromatic heterocycles. The third-order valence-electron chi connectivity index (χ3n) is 5.15. The summed E-state index contributed by atoms with van der Waals surface area (Å²) in [5.41, 5.74) is 7.96. The van der Waals surface area contributed by atoms with Crippen LogP contribution < -0.4 is 15.8 Å². The third kappa shape index (κ3) is 3.25. The van der Waals surface area contributed by atoms with Crippen LogP contribution in [-0.4, -0.2) is 7.11 Å². The van der Waals surface area contributed by atoms with Gasteiger partial charge in [0.25, 0.3) is 0 Å². The van der Waals surface area contributed by atoms with Gasteiger partial charge in [-0.15, -0.1) is 11.8 Å². The van der Waals surface area contributed by atoms with E-state index in [0.29, 0.717) is 22.7 Å². The van der Waals surface area contributed by atoms with E-state index in [2.05, 4.69) is 17.5 Å². The number of methoxy groups -OCH3 is 1. The lowest BCUT2D eigenvalue weighted by molar-refractivity contribution is 0.294. The number of ether oxygens (including phenoxy) is 1. The Balaban J connectivity index is 1.92. The maximum absolute atomic E-state index is 9.90. The van der Waals surface area contributed by atoms with E-state index in [1.54, 1.807) is 18.9 Å². The van der Waals surface area contributed by atoms with Crippen LogP contribution in [0.4, 0.5) is 0 Å². The van der Waals surface area contributed by atoms with Crippen LogP contribution in [0.2, 0.25) is 0 Å². The van der Waals surface area contributed by atoms with Crippen LogP contribution in [0.3, 0.4) is 0 Å². The van der Waals surface area contributed by atoms with E-state index in [1.807, 2.05) is 24.3 Å². The number of rotatable bonds is 4. The molecule has 6 heteroatoms. The molecule has 1 aromatic rings. The van der Waals surface area contributed by atoms with Crippen molar-refractivity contribution in [2.24, 2.45) is 11.1 Å². The Hall–Kier alpha value is -2.57. The fourth-order valence-corrected chi connectivity index (χ4v) is 4.91. The van der Waals surface area contributed by atoms with Crippen LogP contribution >= 0.6 is 11.8 Å². The van der Waals surface area contributed by atoms with Crippen molar-refractivity contribution in [2.75, 3.05) is 7.11 Å². The molecule has 134 valence electrons. The van der Waals surface area contributed by atoms with Crippen LogP contribution in [-0.2, 0) is 5.75 Å². The van der Waals surface area contributed by atoms with Crippen LogP contribution in [0.25, 0.3) is 0 Å². The fraction of sp³-hybridized carbons (Fsp3) is 0.400. The molecule has 0 saturated heterocycles. The van der Waals surface area contributed by atoms with Gasteiger partial charge in [0.15, 0.2) is 0 Å². The van der Waals surface area contributed by atoms with Crippen LogP contribution in [0.1, 0.15) is 37.7 Å². The lowest BCUT2D eigenvalue weighted by Gasteiger charge is -2.40. The summed E-state index contributed by atoms with van der Waals surface area (Å²) in [6.07, 6.45) is 4.78. The number of nitrogens with zero attached hydrogens (tertiary/aromatic N) is 2. The molecule has 1 aliphatic heterocycles. The molecule has 3 N–H and O–H groups in total. The number of nitrogens with two attached hydrogens (primary N) is 1. The summed E-state index contributed by atoms with van der Waals surface area (Å²) in [5, 5.41) is 23.5. The van der Waals surface area contributed by atoms with Crippen molar-refractivity contribution in [3.8, 4) is 17.9 Å². The van der Waals surface area contributed by atoms with Crippen molar-refractivity contribution >= 4 is 11.8 Å². The van der Waals surface area contributed by atoms with E-state index in [-0.39, 0.29) is 0 Å². The highest BCUT2D eigenvalue weighted by atomic mass is 32.2. The van der Waals surface area contributed by atoms with Crippen molar-refractivity contribution in [1.29, 1.82) is 10.5 Å². The third-order valence-corrected chi connectivity index (χ3v) is 6.22. The Morgan fingerprint density at radius 3 is 2.58 bits per heavy atom. The van der Waals surface area contributed by atoms with Crippen LogP contribution in [0.15, 0.2) is 46.3 Å². The summed E-state index contributed by atoms with van der Waals surface area (Å²) in [6, 6.07) is 12.5. The first kappa shape index (κ1) is 18.2. The number of nitrogens with one attached hydrogen (secondary N) is 1. The topological polar surface area (TPSA) is 94.9 Å². The van der Waals surface area contributed by atoms with Crippen molar-refractivity contribution in [1.82, 2.24) is 5.32 Å². The van der Waals surface area contributed by atoms with Crippen LogP contribution in [0, 0.1) is 28.1 Å². The molecule has 1 saturated carbocycles. The van der Waals surface area contributed by atoms with E-state index < -0.39 is 5.41 Å². The van der Waals surface area contributed by atoms with Gasteiger partial charge in [-0.3, -0.25) is 0 Å². The number of hydrogen-bond acceptors (Lipinski definition) is 6. The average molecular weight is 366 g/mol. The quantitative estimate of drug-likeness (QED) is 0.839. The number of allylic oxidation sites excluding steroid dienone is 2. The molecule has 0 atom stereocenters. The predicted molar refractivity (Wildman–Crippen MR) is 102 cm³/mol. The van der Waals surface area contributed by atoms with Crippen molar-refractivity contribution in [2.45, 2.75) is 37.9 Å². The van der Waals surface area contributed by atoms with E-state index in [4.69, 9.17) is 10.5 Å². The van der Waals surface area contributed by atoms with Gasteiger partial charge in [-0.05, 0) is 30.5 Å². The monoisotopic (exact) mass is 366 g/mol. The first-order chi connectivity index (χ1) is 12.6. The molecule has 0 unspecified atom stereocenters. The van der Waals surface area contributed by atoms with Gasteiger partial charge in [-0.25, -0.2) is 0 Å². The molecular weight excluding hydrogens is 344 g/mol. The van der Waals surface area contributed by atoms with Crippen LogP contribution in [0.5, 0.6) is 5.75 Å². The highest BCUT2D eigenvalue weighted by molar-refractivity contribution is 8.02. The molecular formula is C20H22N4OS. The molecule has 5 nitrogen and oxygen atoms in total. The molecule has 1 spiro atoms. The average Bonchev–Trinajstić information content (AvgIpc) is 2.67. The number of hydrogen-bond donors (Lipinski definition) is 2. The van der Waals surface area contributed by atoms with Gasteiger partial charge in [-0.2, -0.15) is 10.5 Å². The zero-order valence-corrected chi connectivity index (χ0v) is 15.7. The zero-order chi connectivity index (χ0) is 18.6. The van der Waals surface area contributed by atoms with E-state index >= 15 is 0 Å². The minimum Gasteiger partial charge on any atom is -0.497 e. The predicted octanol–water partition coefficient (Wildman–Crippen LogP) is 3.91. The molecule has 2 aliphatic rings. The zero-order valence-electron chi connectivity index (χ0n) is 14.8. The summed E-state index contributed by atoms with van der Waals surface area (Å²) in [4.78, 5) is 0. The minimum absolute atomic E-state index is 0.390. The maximum Gasteiger partial charge on any atom is 0.119 e. The second-order valence-electron chi connectivity index (χ2n) is 6.62. The summed E-state index contributed by atoms with van der Waals surface area (Å²) in [5.74, 6) is 1.89. The van der Waals surface area contributed by atoms with Gasteiger partial charge in [0.1, 0.15) is 11.6 Å². The van der Waals surface area contributed by atoms with Gasteiger partial charge in [0.05, 0.1) is 35.4 Å². The highest BCUT2D eigenvalue weighted by Crippen LogP contribution is 2.52. The second-order valence-corrected chi connectivity index (χ2v) is 7.61. The van der Waals surface area contributed by atoms with Gasteiger partial charge in [0, 0.05) is 11.2 Å². The molecule has 3 rings (SSSR count). The van der Waals surface area contributed by atoms with Crippen molar-refractivity contribution in [3.05, 3.63) is 51.8 Å². The Morgan fingerprint density at radius 2 is 1.92 bits per heavy atom. The van der Waals surface area contributed by atoms with Gasteiger partial charge in [0.2, 0.25) is 0 Å². The summed E-state index contributed by atoms with van der Waals surface area (Å²) in [6.45, 7) is 0. The standard InChI is InChI=1S/C20H22N4OS/c1-25-15-7-5-6-14(10-15)13-26-19-17(12-22)20(8-3-2-4-9-20)16(11-21)18(23)24-19/h5-7,10,24H,2-4,8-9,13,23H2,1H3. The molecule has 1 aromatic carbocycles. The molecule has 0 bridgehead atoms.